The van der Waals surface area contributed by atoms with E-state index in [1.807, 2.05) is 12.1 Å². The lowest BCUT2D eigenvalue weighted by molar-refractivity contribution is 0.0600. The number of nitriles is 2. The van der Waals surface area contributed by atoms with Gasteiger partial charge in [-0.15, -0.1) is 0 Å². The minimum atomic E-state index is -0.525. The molecule has 1 rings (SSSR count). The zero-order chi connectivity index (χ0) is 12.0. The third-order valence-corrected chi connectivity index (χ3v) is 2.14. The Hall–Kier alpha value is -2.33. The summed E-state index contributed by atoms with van der Waals surface area (Å²) in [5.41, 5.74) is 1.40. The van der Waals surface area contributed by atoms with Crippen LogP contribution in [0.2, 0.25) is 0 Å². The lowest BCUT2D eigenvalue weighted by Crippen LogP contribution is -2.04. The zero-order valence-electron chi connectivity index (χ0n) is 8.86. The molecule has 0 aromatic heterocycles. The normalized spacial score (nSPS) is 8.94. The Balaban J connectivity index is 3.04. The first kappa shape index (κ1) is 11.7. The number of nitrogens with zero attached hydrogens (tertiary/aromatic N) is 2. The number of carbonyl (C=O) groups excluding carboxylic acids is 1. The molecule has 4 heteroatoms. The van der Waals surface area contributed by atoms with Crippen LogP contribution in [0.15, 0.2) is 18.2 Å². The molecular formula is C12H10N2O2. The fraction of sp³-hybridized carbons (Fsp3) is 0.250. The van der Waals surface area contributed by atoms with Gasteiger partial charge in [0.15, 0.2) is 0 Å². The molecule has 0 saturated carbocycles. The summed E-state index contributed by atoms with van der Waals surface area (Å²) in [6, 6.07) is 8.87. The number of benzene rings is 1. The van der Waals surface area contributed by atoms with E-state index in [4.69, 9.17) is 10.5 Å². The SMILES string of the molecule is COC(=O)c1ccc(CCC#N)cc1C#N. The van der Waals surface area contributed by atoms with E-state index < -0.39 is 5.97 Å². The van der Waals surface area contributed by atoms with Gasteiger partial charge in [-0.05, 0) is 24.1 Å². The molecular weight excluding hydrogens is 204 g/mol. The summed E-state index contributed by atoms with van der Waals surface area (Å²) in [4.78, 5) is 11.3. The Kier molecular flexibility index (Phi) is 4.06. The van der Waals surface area contributed by atoms with Crippen LogP contribution in [0, 0.1) is 22.7 Å². The molecule has 0 aliphatic carbocycles. The first-order valence-corrected chi connectivity index (χ1v) is 4.71. The molecule has 16 heavy (non-hydrogen) atoms. The first-order valence-electron chi connectivity index (χ1n) is 4.71. The monoisotopic (exact) mass is 214 g/mol. The van der Waals surface area contributed by atoms with Crippen molar-refractivity contribution in [2.24, 2.45) is 0 Å². The highest BCUT2D eigenvalue weighted by Gasteiger charge is 2.11. The molecule has 0 atom stereocenters. The van der Waals surface area contributed by atoms with E-state index in [1.54, 1.807) is 18.2 Å². The van der Waals surface area contributed by atoms with Gasteiger partial charge in [0.2, 0.25) is 0 Å². The number of ether oxygens (including phenoxy) is 1. The molecule has 0 spiro atoms. The van der Waals surface area contributed by atoms with E-state index in [0.29, 0.717) is 12.8 Å². The topological polar surface area (TPSA) is 73.9 Å². The van der Waals surface area contributed by atoms with E-state index in [2.05, 4.69) is 4.74 Å². The lowest BCUT2D eigenvalue weighted by atomic mass is 10.0. The molecule has 0 aliphatic rings. The predicted octanol–water partition coefficient (Wildman–Crippen LogP) is 1.80. The standard InChI is InChI=1S/C12H10N2O2/c1-16-12(15)11-5-4-9(3-2-6-13)7-10(11)8-14/h4-5,7H,2-3H2,1H3. The van der Waals surface area contributed by atoms with Gasteiger partial charge in [-0.25, -0.2) is 4.79 Å². The van der Waals surface area contributed by atoms with E-state index in [-0.39, 0.29) is 11.1 Å². The van der Waals surface area contributed by atoms with Crippen molar-refractivity contribution in [3.63, 3.8) is 0 Å². The van der Waals surface area contributed by atoms with Gasteiger partial charge >= 0.3 is 5.97 Å². The van der Waals surface area contributed by atoms with Crippen LogP contribution in [0.5, 0.6) is 0 Å². The van der Waals surface area contributed by atoms with Crippen LogP contribution in [0.25, 0.3) is 0 Å². The molecule has 0 unspecified atom stereocenters. The average molecular weight is 214 g/mol. The molecule has 0 N–H and O–H groups in total. The lowest BCUT2D eigenvalue weighted by Gasteiger charge is -2.03. The van der Waals surface area contributed by atoms with Gasteiger partial charge < -0.3 is 4.74 Å². The third kappa shape index (κ3) is 2.59. The van der Waals surface area contributed by atoms with Crippen molar-refractivity contribution in [2.75, 3.05) is 7.11 Å². The Morgan fingerprint density at radius 1 is 1.44 bits per heavy atom. The van der Waals surface area contributed by atoms with Gasteiger partial charge in [0.1, 0.15) is 6.07 Å². The summed E-state index contributed by atoms with van der Waals surface area (Å²) in [6.07, 6.45) is 0.967. The van der Waals surface area contributed by atoms with Gasteiger partial charge in [-0.2, -0.15) is 10.5 Å². The van der Waals surface area contributed by atoms with Crippen LogP contribution in [-0.4, -0.2) is 13.1 Å². The first-order chi connectivity index (χ1) is 7.72. The van der Waals surface area contributed by atoms with Crippen molar-refractivity contribution in [3.05, 3.63) is 34.9 Å². The highest BCUT2D eigenvalue weighted by Crippen LogP contribution is 2.13. The maximum absolute atomic E-state index is 11.3. The maximum Gasteiger partial charge on any atom is 0.339 e. The molecule has 0 radical (unpaired) electrons. The van der Waals surface area contributed by atoms with Crippen molar-refractivity contribution in [1.29, 1.82) is 10.5 Å². The van der Waals surface area contributed by atoms with Crippen LogP contribution in [-0.2, 0) is 11.2 Å². The van der Waals surface area contributed by atoms with Gasteiger partial charge in [0, 0.05) is 6.42 Å². The van der Waals surface area contributed by atoms with Gasteiger partial charge in [0.05, 0.1) is 24.3 Å². The number of hydrogen-bond acceptors (Lipinski definition) is 4. The molecule has 0 saturated heterocycles. The Morgan fingerprint density at radius 2 is 2.19 bits per heavy atom. The molecule has 0 bridgehead atoms. The highest BCUT2D eigenvalue weighted by atomic mass is 16.5. The largest absolute Gasteiger partial charge is 0.465 e. The van der Waals surface area contributed by atoms with Crippen LogP contribution >= 0.6 is 0 Å². The second-order valence-electron chi connectivity index (χ2n) is 3.14. The molecule has 0 aliphatic heterocycles. The average Bonchev–Trinajstić information content (AvgIpc) is 2.34. The van der Waals surface area contributed by atoms with E-state index in [9.17, 15) is 4.79 Å². The van der Waals surface area contributed by atoms with Crippen molar-refractivity contribution in [2.45, 2.75) is 12.8 Å². The van der Waals surface area contributed by atoms with Crippen molar-refractivity contribution in [1.82, 2.24) is 0 Å². The van der Waals surface area contributed by atoms with Gasteiger partial charge in [-0.1, -0.05) is 6.07 Å². The molecule has 0 heterocycles. The summed E-state index contributed by atoms with van der Waals surface area (Å²) in [7, 11) is 1.27. The Morgan fingerprint density at radius 3 is 2.75 bits per heavy atom. The number of carbonyl (C=O) groups is 1. The van der Waals surface area contributed by atoms with Crippen LogP contribution in [0.1, 0.15) is 27.9 Å². The fourth-order valence-corrected chi connectivity index (χ4v) is 1.33. The molecule has 1 aromatic rings. The molecule has 1 aromatic carbocycles. The number of methoxy groups -OCH3 is 1. The smallest absolute Gasteiger partial charge is 0.339 e. The second-order valence-corrected chi connectivity index (χ2v) is 3.14. The van der Waals surface area contributed by atoms with Crippen LogP contribution in [0.3, 0.4) is 0 Å². The summed E-state index contributed by atoms with van der Waals surface area (Å²) >= 11 is 0. The van der Waals surface area contributed by atoms with E-state index in [0.717, 1.165) is 5.56 Å². The van der Waals surface area contributed by atoms with Crippen molar-refractivity contribution < 1.29 is 9.53 Å². The Bertz CT molecular complexity index is 481. The van der Waals surface area contributed by atoms with E-state index in [1.165, 1.54) is 7.11 Å². The Labute approximate surface area is 93.7 Å². The molecule has 4 nitrogen and oxygen atoms in total. The molecule has 0 amide bonds. The highest BCUT2D eigenvalue weighted by molar-refractivity contribution is 5.92. The van der Waals surface area contributed by atoms with Gasteiger partial charge in [-0.3, -0.25) is 0 Å². The minimum absolute atomic E-state index is 0.255. The summed E-state index contributed by atoms with van der Waals surface area (Å²) in [5.74, 6) is -0.525. The van der Waals surface area contributed by atoms with Crippen LogP contribution in [0.4, 0.5) is 0 Å². The minimum Gasteiger partial charge on any atom is -0.465 e. The number of hydrogen-bond donors (Lipinski definition) is 0. The van der Waals surface area contributed by atoms with Crippen LogP contribution < -0.4 is 0 Å². The summed E-state index contributed by atoms with van der Waals surface area (Å²) < 4.78 is 4.56. The summed E-state index contributed by atoms with van der Waals surface area (Å²) in [6.45, 7) is 0. The molecule has 80 valence electrons. The van der Waals surface area contributed by atoms with E-state index >= 15 is 0 Å². The second kappa shape index (κ2) is 5.53. The number of esters is 1. The quantitative estimate of drug-likeness (QED) is 0.719. The zero-order valence-corrected chi connectivity index (χ0v) is 8.86. The maximum atomic E-state index is 11.3. The number of aryl methyl sites for hydroxylation is 1. The fourth-order valence-electron chi connectivity index (χ4n) is 1.33. The third-order valence-electron chi connectivity index (χ3n) is 2.14. The predicted molar refractivity (Wildman–Crippen MR) is 56.4 cm³/mol. The van der Waals surface area contributed by atoms with Crippen molar-refractivity contribution in [3.8, 4) is 12.1 Å². The van der Waals surface area contributed by atoms with Crippen molar-refractivity contribution >= 4 is 5.97 Å². The summed E-state index contributed by atoms with van der Waals surface area (Å²) in [5, 5.41) is 17.3. The van der Waals surface area contributed by atoms with Gasteiger partial charge in [0.25, 0.3) is 0 Å². The number of rotatable bonds is 3. The molecule has 0 fully saturated rings.